The van der Waals surface area contributed by atoms with Crippen molar-refractivity contribution in [2.24, 2.45) is 0 Å². The van der Waals surface area contributed by atoms with Gasteiger partial charge < -0.3 is 10.1 Å². The van der Waals surface area contributed by atoms with Crippen LogP contribution in [0.15, 0.2) is 42.7 Å². The number of benzene rings is 2. The molecule has 1 heterocycles. The minimum absolute atomic E-state index is 0.0543. The van der Waals surface area contributed by atoms with Gasteiger partial charge in [-0.3, -0.25) is 4.79 Å². The zero-order chi connectivity index (χ0) is 17.8. The van der Waals surface area contributed by atoms with E-state index in [0.717, 1.165) is 27.5 Å². The number of rotatable bonds is 5. The van der Waals surface area contributed by atoms with E-state index in [9.17, 15) is 4.79 Å². The molecule has 0 aliphatic carbocycles. The first-order valence-electron chi connectivity index (χ1n) is 8.21. The second-order valence-corrected chi connectivity index (χ2v) is 6.07. The summed E-state index contributed by atoms with van der Waals surface area (Å²) >= 11 is 0. The standard InChI is InChI=1S/C20H21N3O2/c1-13-4-7-17-16(10-13)6-5-14(2)18(17)19(24)21-9-8-15-11-22-20(25-3)23-12-15/h4-7,10-12H,8-9H2,1-3H3,(H,21,24). The van der Waals surface area contributed by atoms with Crippen molar-refractivity contribution < 1.29 is 9.53 Å². The number of aryl methyl sites for hydroxylation is 2. The van der Waals surface area contributed by atoms with Crippen LogP contribution in [0, 0.1) is 13.8 Å². The highest BCUT2D eigenvalue weighted by atomic mass is 16.5. The average molecular weight is 335 g/mol. The SMILES string of the molecule is COc1ncc(CCNC(=O)c2c(C)ccc3cc(C)ccc23)cn1. The van der Waals surface area contributed by atoms with Gasteiger partial charge in [0, 0.05) is 18.9 Å². The lowest BCUT2D eigenvalue weighted by Crippen LogP contribution is -2.26. The minimum Gasteiger partial charge on any atom is -0.467 e. The Hall–Kier alpha value is -2.95. The second kappa shape index (κ2) is 7.30. The Labute approximate surface area is 147 Å². The fraction of sp³-hybridized carbons (Fsp3) is 0.250. The third kappa shape index (κ3) is 3.76. The molecule has 0 radical (unpaired) electrons. The molecule has 0 bridgehead atoms. The quantitative estimate of drug-likeness (QED) is 0.777. The maximum atomic E-state index is 12.7. The number of hydrogen-bond acceptors (Lipinski definition) is 4. The fourth-order valence-electron chi connectivity index (χ4n) is 2.85. The van der Waals surface area contributed by atoms with Gasteiger partial charge in [-0.15, -0.1) is 0 Å². The molecule has 0 atom stereocenters. The number of fused-ring (bicyclic) bond motifs is 1. The Morgan fingerprint density at radius 1 is 1.12 bits per heavy atom. The summed E-state index contributed by atoms with van der Waals surface area (Å²) in [5, 5.41) is 5.06. The Bertz CT molecular complexity index is 905. The minimum atomic E-state index is -0.0543. The van der Waals surface area contributed by atoms with E-state index >= 15 is 0 Å². The van der Waals surface area contributed by atoms with Crippen molar-refractivity contribution in [3.05, 3.63) is 65.0 Å². The van der Waals surface area contributed by atoms with Crippen molar-refractivity contribution in [1.82, 2.24) is 15.3 Å². The van der Waals surface area contributed by atoms with Crippen LogP contribution in [0.5, 0.6) is 6.01 Å². The first-order chi connectivity index (χ1) is 12.1. The van der Waals surface area contributed by atoms with Gasteiger partial charge in [0.05, 0.1) is 12.7 Å². The van der Waals surface area contributed by atoms with Crippen molar-refractivity contribution in [1.29, 1.82) is 0 Å². The van der Waals surface area contributed by atoms with Crippen molar-refractivity contribution in [3.63, 3.8) is 0 Å². The Morgan fingerprint density at radius 2 is 1.88 bits per heavy atom. The van der Waals surface area contributed by atoms with Gasteiger partial charge in [-0.2, -0.15) is 0 Å². The number of nitrogens with zero attached hydrogens (tertiary/aromatic N) is 2. The highest BCUT2D eigenvalue weighted by molar-refractivity contribution is 6.08. The van der Waals surface area contributed by atoms with Crippen LogP contribution in [0.1, 0.15) is 27.0 Å². The van der Waals surface area contributed by atoms with Crippen LogP contribution in [0.2, 0.25) is 0 Å². The number of ether oxygens (including phenoxy) is 1. The predicted octanol–water partition coefficient (Wildman–Crippen LogP) is 3.23. The molecule has 0 fully saturated rings. The molecule has 0 aliphatic rings. The third-order valence-electron chi connectivity index (χ3n) is 4.17. The molecule has 1 N–H and O–H groups in total. The predicted molar refractivity (Wildman–Crippen MR) is 98.0 cm³/mol. The van der Waals surface area contributed by atoms with Gasteiger partial charge in [-0.1, -0.05) is 35.9 Å². The Kier molecular flexibility index (Phi) is 4.93. The van der Waals surface area contributed by atoms with Crippen LogP contribution < -0.4 is 10.1 Å². The monoisotopic (exact) mass is 335 g/mol. The van der Waals surface area contributed by atoms with E-state index in [-0.39, 0.29) is 5.91 Å². The number of nitrogens with one attached hydrogen (secondary N) is 1. The van der Waals surface area contributed by atoms with Gasteiger partial charge in [0.15, 0.2) is 0 Å². The average Bonchev–Trinajstić information content (AvgIpc) is 2.62. The second-order valence-electron chi connectivity index (χ2n) is 6.07. The van der Waals surface area contributed by atoms with Gasteiger partial charge in [0.2, 0.25) is 0 Å². The van der Waals surface area contributed by atoms with Gasteiger partial charge in [0.1, 0.15) is 0 Å². The zero-order valence-electron chi connectivity index (χ0n) is 14.7. The molecule has 128 valence electrons. The van der Waals surface area contributed by atoms with Crippen molar-refractivity contribution in [2.45, 2.75) is 20.3 Å². The maximum Gasteiger partial charge on any atom is 0.316 e. The lowest BCUT2D eigenvalue weighted by molar-refractivity contribution is 0.0955. The molecule has 1 amide bonds. The number of aromatic nitrogens is 2. The molecule has 0 saturated heterocycles. The van der Waals surface area contributed by atoms with Gasteiger partial charge in [-0.25, -0.2) is 9.97 Å². The van der Waals surface area contributed by atoms with Crippen LogP contribution in [-0.2, 0) is 6.42 Å². The Balaban J connectivity index is 1.72. The van der Waals surface area contributed by atoms with Gasteiger partial charge >= 0.3 is 6.01 Å². The van der Waals surface area contributed by atoms with E-state index in [1.165, 1.54) is 12.7 Å². The molecule has 5 heteroatoms. The van der Waals surface area contributed by atoms with E-state index in [2.05, 4.69) is 34.3 Å². The van der Waals surface area contributed by atoms with E-state index in [4.69, 9.17) is 4.74 Å². The summed E-state index contributed by atoms with van der Waals surface area (Å²) < 4.78 is 4.94. The summed E-state index contributed by atoms with van der Waals surface area (Å²) in [6.45, 7) is 4.54. The highest BCUT2D eigenvalue weighted by Gasteiger charge is 2.13. The molecule has 0 unspecified atom stereocenters. The summed E-state index contributed by atoms with van der Waals surface area (Å²) in [5.74, 6) is -0.0543. The molecule has 1 aromatic heterocycles. The number of carbonyl (C=O) groups excluding carboxylic acids is 1. The normalized spacial score (nSPS) is 10.7. The molecular formula is C20H21N3O2. The largest absolute Gasteiger partial charge is 0.467 e. The molecule has 0 aliphatic heterocycles. The van der Waals surface area contributed by atoms with E-state index in [1.807, 2.05) is 25.1 Å². The summed E-state index contributed by atoms with van der Waals surface area (Å²) in [6, 6.07) is 10.5. The van der Waals surface area contributed by atoms with Crippen molar-refractivity contribution in [2.75, 3.05) is 13.7 Å². The molecule has 3 rings (SSSR count). The maximum absolute atomic E-state index is 12.7. The molecule has 25 heavy (non-hydrogen) atoms. The first kappa shape index (κ1) is 16.9. The van der Waals surface area contributed by atoms with E-state index in [0.29, 0.717) is 19.0 Å². The van der Waals surface area contributed by atoms with Gasteiger partial charge in [-0.05, 0) is 42.2 Å². The van der Waals surface area contributed by atoms with Gasteiger partial charge in [0.25, 0.3) is 5.91 Å². The fourth-order valence-corrected chi connectivity index (χ4v) is 2.85. The van der Waals surface area contributed by atoms with Crippen molar-refractivity contribution in [3.8, 4) is 6.01 Å². The van der Waals surface area contributed by atoms with Crippen LogP contribution >= 0.6 is 0 Å². The van der Waals surface area contributed by atoms with Crippen LogP contribution in [0.3, 0.4) is 0 Å². The summed E-state index contributed by atoms with van der Waals surface area (Å²) in [5.41, 5.74) is 3.85. The zero-order valence-corrected chi connectivity index (χ0v) is 14.7. The van der Waals surface area contributed by atoms with E-state index < -0.39 is 0 Å². The first-order valence-corrected chi connectivity index (χ1v) is 8.21. The van der Waals surface area contributed by atoms with E-state index in [1.54, 1.807) is 12.4 Å². The smallest absolute Gasteiger partial charge is 0.316 e. The molecule has 0 spiro atoms. The molecule has 3 aromatic rings. The number of methoxy groups -OCH3 is 1. The molecule has 2 aromatic carbocycles. The number of hydrogen-bond donors (Lipinski definition) is 1. The van der Waals surface area contributed by atoms with Crippen molar-refractivity contribution >= 4 is 16.7 Å². The summed E-state index contributed by atoms with van der Waals surface area (Å²) in [7, 11) is 1.53. The molecule has 5 nitrogen and oxygen atoms in total. The number of amides is 1. The highest BCUT2D eigenvalue weighted by Crippen LogP contribution is 2.23. The third-order valence-corrected chi connectivity index (χ3v) is 4.17. The Morgan fingerprint density at radius 3 is 2.60 bits per heavy atom. The lowest BCUT2D eigenvalue weighted by Gasteiger charge is -2.11. The van der Waals surface area contributed by atoms with Crippen LogP contribution in [0.4, 0.5) is 0 Å². The topological polar surface area (TPSA) is 64.1 Å². The summed E-state index contributed by atoms with van der Waals surface area (Å²) in [4.78, 5) is 20.8. The molecule has 0 saturated carbocycles. The van der Waals surface area contributed by atoms with Crippen LogP contribution in [-0.4, -0.2) is 29.5 Å². The summed E-state index contributed by atoms with van der Waals surface area (Å²) in [6.07, 6.45) is 4.09. The lowest BCUT2D eigenvalue weighted by atomic mass is 9.97. The van der Waals surface area contributed by atoms with Crippen LogP contribution in [0.25, 0.3) is 10.8 Å². The number of carbonyl (C=O) groups is 1. The molecular weight excluding hydrogens is 314 g/mol.